The Labute approximate surface area is 159 Å². The smallest absolute Gasteiger partial charge is 0.261 e. The highest BCUT2D eigenvalue weighted by Gasteiger charge is 2.16. The summed E-state index contributed by atoms with van der Waals surface area (Å²) in [4.78, 5) is 27.1. The van der Waals surface area contributed by atoms with Crippen molar-refractivity contribution >= 4 is 23.2 Å². The van der Waals surface area contributed by atoms with Crippen LogP contribution in [0.2, 0.25) is 0 Å². The monoisotopic (exact) mass is 373 g/mol. The first-order chi connectivity index (χ1) is 12.5. The minimum atomic E-state index is -0.577. The third kappa shape index (κ3) is 5.97. The van der Waals surface area contributed by atoms with Gasteiger partial charge in [0.15, 0.2) is 0 Å². The molecule has 0 aliphatic heterocycles. The molecule has 6 heteroatoms. The average molecular weight is 374 g/mol. The van der Waals surface area contributed by atoms with Crippen molar-refractivity contribution in [2.24, 2.45) is 0 Å². The van der Waals surface area contributed by atoms with Crippen molar-refractivity contribution in [3.05, 3.63) is 57.8 Å². The maximum Gasteiger partial charge on any atom is 0.261 e. The van der Waals surface area contributed by atoms with Gasteiger partial charge in [-0.3, -0.25) is 14.5 Å². The van der Waals surface area contributed by atoms with Crippen molar-refractivity contribution in [1.29, 1.82) is 0 Å². The molecule has 0 spiro atoms. The molecule has 0 aliphatic rings. The van der Waals surface area contributed by atoms with E-state index in [-0.39, 0.29) is 11.8 Å². The summed E-state index contributed by atoms with van der Waals surface area (Å²) in [5.41, 5.74) is 2.30. The number of amides is 2. The number of nitrogens with one attached hydrogen (secondary N) is 2. The molecule has 0 bridgehead atoms. The minimum Gasteiger partial charge on any atom is -0.350 e. The third-order valence-electron chi connectivity index (χ3n) is 4.28. The zero-order valence-electron chi connectivity index (χ0n) is 15.6. The van der Waals surface area contributed by atoms with Gasteiger partial charge in [0.25, 0.3) is 5.91 Å². The molecule has 1 unspecified atom stereocenters. The molecule has 0 saturated heterocycles. The summed E-state index contributed by atoms with van der Waals surface area (Å²) in [6, 6.07) is 11.2. The highest BCUT2D eigenvalue weighted by Crippen LogP contribution is 2.09. The molecule has 1 atom stereocenters. The van der Waals surface area contributed by atoms with Crippen LogP contribution in [0.5, 0.6) is 0 Å². The van der Waals surface area contributed by atoms with Crippen LogP contribution in [0, 0.1) is 0 Å². The maximum atomic E-state index is 12.2. The Morgan fingerprint density at radius 1 is 1.08 bits per heavy atom. The van der Waals surface area contributed by atoms with Gasteiger partial charge in [-0.25, -0.2) is 0 Å². The van der Waals surface area contributed by atoms with E-state index in [9.17, 15) is 9.59 Å². The summed E-state index contributed by atoms with van der Waals surface area (Å²) in [6.07, 6.45) is 0. The second kappa shape index (κ2) is 10.1. The van der Waals surface area contributed by atoms with E-state index < -0.39 is 6.04 Å². The molecule has 2 N–H and O–H groups in total. The van der Waals surface area contributed by atoms with E-state index >= 15 is 0 Å². The Kier molecular flexibility index (Phi) is 7.81. The van der Waals surface area contributed by atoms with Gasteiger partial charge in [0.05, 0.1) is 4.88 Å². The van der Waals surface area contributed by atoms with Gasteiger partial charge in [-0.15, -0.1) is 11.3 Å². The fourth-order valence-corrected chi connectivity index (χ4v) is 3.18. The normalized spacial score (nSPS) is 12.0. The van der Waals surface area contributed by atoms with E-state index in [4.69, 9.17) is 0 Å². The second-order valence-corrected chi connectivity index (χ2v) is 7.12. The van der Waals surface area contributed by atoms with Crippen molar-refractivity contribution in [2.75, 3.05) is 13.1 Å². The lowest BCUT2D eigenvalue weighted by Crippen LogP contribution is -2.44. The van der Waals surface area contributed by atoms with Crippen molar-refractivity contribution in [1.82, 2.24) is 15.5 Å². The number of carbonyl (C=O) groups excluding carboxylic acids is 2. The number of rotatable bonds is 9. The van der Waals surface area contributed by atoms with E-state index in [0.717, 1.165) is 25.2 Å². The van der Waals surface area contributed by atoms with E-state index in [1.807, 2.05) is 23.6 Å². The lowest BCUT2D eigenvalue weighted by molar-refractivity contribution is -0.122. The Balaban J connectivity index is 1.80. The van der Waals surface area contributed by atoms with Gasteiger partial charge in [0, 0.05) is 13.1 Å². The third-order valence-corrected chi connectivity index (χ3v) is 5.14. The largest absolute Gasteiger partial charge is 0.350 e. The predicted molar refractivity (Wildman–Crippen MR) is 106 cm³/mol. The van der Waals surface area contributed by atoms with Crippen molar-refractivity contribution < 1.29 is 9.59 Å². The first-order valence-corrected chi connectivity index (χ1v) is 9.83. The van der Waals surface area contributed by atoms with Crippen LogP contribution < -0.4 is 10.6 Å². The molecular formula is C20H27N3O2S. The van der Waals surface area contributed by atoms with E-state index in [0.29, 0.717) is 11.4 Å². The number of thiophene rings is 1. The van der Waals surface area contributed by atoms with Crippen LogP contribution in [0.25, 0.3) is 0 Å². The second-order valence-electron chi connectivity index (χ2n) is 6.17. The predicted octanol–water partition coefficient (Wildman–Crippen LogP) is 3.02. The molecule has 2 rings (SSSR count). The number of benzene rings is 1. The average Bonchev–Trinajstić information content (AvgIpc) is 3.20. The molecule has 0 aliphatic carbocycles. The van der Waals surface area contributed by atoms with Crippen LogP contribution in [0.3, 0.4) is 0 Å². The highest BCUT2D eigenvalue weighted by molar-refractivity contribution is 7.12. The van der Waals surface area contributed by atoms with Crippen molar-refractivity contribution in [3.8, 4) is 0 Å². The van der Waals surface area contributed by atoms with E-state index in [2.05, 4.69) is 41.5 Å². The van der Waals surface area contributed by atoms with Gasteiger partial charge in [0.1, 0.15) is 6.04 Å². The summed E-state index contributed by atoms with van der Waals surface area (Å²) in [5.74, 6) is -0.412. The Morgan fingerprint density at radius 3 is 2.31 bits per heavy atom. The van der Waals surface area contributed by atoms with Crippen LogP contribution in [-0.4, -0.2) is 35.8 Å². The van der Waals surface area contributed by atoms with Gasteiger partial charge in [0.2, 0.25) is 5.91 Å². The summed E-state index contributed by atoms with van der Waals surface area (Å²) < 4.78 is 0. The standard InChI is InChI=1S/C20H27N3O2S/c1-4-23(5-2)14-17-10-8-16(9-11-17)13-21-19(24)15(3)22-20(25)18-7-6-12-26-18/h6-12,15H,4-5,13-14H2,1-3H3,(H,21,24)(H,22,25). The summed E-state index contributed by atoms with van der Waals surface area (Å²) >= 11 is 1.36. The first-order valence-electron chi connectivity index (χ1n) is 8.95. The molecule has 2 aromatic rings. The zero-order chi connectivity index (χ0) is 18.9. The molecule has 1 aromatic heterocycles. The SMILES string of the molecule is CCN(CC)Cc1ccc(CNC(=O)C(C)NC(=O)c2cccs2)cc1. The Morgan fingerprint density at radius 2 is 1.73 bits per heavy atom. The molecule has 0 saturated carbocycles. The van der Waals surface area contributed by atoms with Gasteiger partial charge in [-0.05, 0) is 42.6 Å². The van der Waals surface area contributed by atoms with Gasteiger partial charge in [-0.1, -0.05) is 44.2 Å². The van der Waals surface area contributed by atoms with Crippen LogP contribution in [0.15, 0.2) is 41.8 Å². The van der Waals surface area contributed by atoms with Crippen molar-refractivity contribution in [2.45, 2.75) is 39.9 Å². The fourth-order valence-electron chi connectivity index (χ4n) is 2.55. The van der Waals surface area contributed by atoms with Crippen molar-refractivity contribution in [3.63, 3.8) is 0 Å². The van der Waals surface area contributed by atoms with Crippen LogP contribution in [0.1, 0.15) is 41.6 Å². The quantitative estimate of drug-likeness (QED) is 0.710. The molecule has 0 radical (unpaired) electrons. The molecule has 1 aromatic carbocycles. The molecule has 140 valence electrons. The van der Waals surface area contributed by atoms with E-state index in [1.54, 1.807) is 13.0 Å². The summed E-state index contributed by atoms with van der Waals surface area (Å²) in [7, 11) is 0. The molecule has 26 heavy (non-hydrogen) atoms. The number of carbonyl (C=O) groups is 2. The zero-order valence-corrected chi connectivity index (χ0v) is 16.4. The molecule has 0 fully saturated rings. The maximum absolute atomic E-state index is 12.2. The van der Waals surface area contributed by atoms with Gasteiger partial charge < -0.3 is 10.6 Å². The van der Waals surface area contributed by atoms with Crippen LogP contribution in [-0.2, 0) is 17.9 Å². The molecule has 5 nitrogen and oxygen atoms in total. The molecule has 2 amide bonds. The highest BCUT2D eigenvalue weighted by atomic mass is 32.1. The van der Waals surface area contributed by atoms with Crippen LogP contribution >= 0.6 is 11.3 Å². The van der Waals surface area contributed by atoms with E-state index in [1.165, 1.54) is 16.9 Å². The Bertz CT molecular complexity index is 694. The number of nitrogens with zero attached hydrogens (tertiary/aromatic N) is 1. The molecule has 1 heterocycles. The lowest BCUT2D eigenvalue weighted by Gasteiger charge is -2.18. The molecular weight excluding hydrogens is 346 g/mol. The summed E-state index contributed by atoms with van der Waals surface area (Å²) in [5, 5.41) is 7.42. The summed E-state index contributed by atoms with van der Waals surface area (Å²) in [6.45, 7) is 9.45. The fraction of sp³-hybridized carbons (Fsp3) is 0.400. The Hall–Kier alpha value is -2.18. The first kappa shape index (κ1) is 20.1. The number of hydrogen-bond acceptors (Lipinski definition) is 4. The lowest BCUT2D eigenvalue weighted by atomic mass is 10.1. The topological polar surface area (TPSA) is 61.4 Å². The minimum absolute atomic E-state index is 0.192. The number of hydrogen-bond donors (Lipinski definition) is 2. The van der Waals surface area contributed by atoms with Crippen LogP contribution in [0.4, 0.5) is 0 Å². The van der Waals surface area contributed by atoms with Gasteiger partial charge in [-0.2, -0.15) is 0 Å². The van der Waals surface area contributed by atoms with Gasteiger partial charge >= 0.3 is 0 Å².